The number of ether oxygens (including phenoxy) is 3. The fraction of sp³-hybridized carbons (Fsp3) is 0.304. The first-order valence-electron chi connectivity index (χ1n) is 10.3. The number of aromatic nitrogens is 1. The molecule has 3 aromatic rings. The van der Waals surface area contributed by atoms with E-state index in [1.165, 1.54) is 11.3 Å². The van der Waals surface area contributed by atoms with Crippen LogP contribution in [0.1, 0.15) is 15.9 Å². The molecule has 0 radical (unpaired) electrons. The van der Waals surface area contributed by atoms with Crippen LogP contribution >= 0.6 is 11.3 Å². The maximum atomic E-state index is 12.8. The van der Waals surface area contributed by atoms with Gasteiger partial charge in [0.2, 0.25) is 0 Å². The molecule has 0 spiro atoms. The van der Waals surface area contributed by atoms with E-state index in [2.05, 4.69) is 21.3 Å². The molecule has 2 aromatic carbocycles. The van der Waals surface area contributed by atoms with Crippen LogP contribution in [0.5, 0.6) is 11.5 Å². The summed E-state index contributed by atoms with van der Waals surface area (Å²) in [7, 11) is 0. The Morgan fingerprint density at radius 1 is 1.03 bits per heavy atom. The molecule has 0 saturated carbocycles. The van der Waals surface area contributed by atoms with Crippen molar-refractivity contribution in [3.8, 4) is 22.8 Å². The lowest BCUT2D eigenvalue weighted by atomic mass is 10.1. The first-order chi connectivity index (χ1) is 15.2. The number of amides is 1. The van der Waals surface area contributed by atoms with Crippen LogP contribution < -0.4 is 14.8 Å². The van der Waals surface area contributed by atoms with Crippen molar-refractivity contribution in [3.05, 3.63) is 59.0 Å². The Morgan fingerprint density at radius 2 is 1.87 bits per heavy atom. The molecule has 2 aliphatic rings. The summed E-state index contributed by atoms with van der Waals surface area (Å²) in [6.45, 7) is 5.27. The van der Waals surface area contributed by atoms with E-state index in [1.807, 2.05) is 41.8 Å². The van der Waals surface area contributed by atoms with Gasteiger partial charge >= 0.3 is 0 Å². The monoisotopic (exact) mass is 437 g/mol. The second-order valence-electron chi connectivity index (χ2n) is 7.44. The summed E-state index contributed by atoms with van der Waals surface area (Å²) >= 11 is 1.40. The first-order valence-corrected chi connectivity index (χ1v) is 11.2. The third kappa shape index (κ3) is 4.71. The molecule has 160 valence electrons. The first kappa shape index (κ1) is 20.0. The Morgan fingerprint density at radius 3 is 2.74 bits per heavy atom. The SMILES string of the molecule is O=C(Nc1nc(-c2ccc3c(c2)OCCO3)cs1)c1cccc(CN2CCOCC2)c1. The van der Waals surface area contributed by atoms with Gasteiger partial charge in [-0.2, -0.15) is 0 Å². The number of nitrogens with zero attached hydrogens (tertiary/aromatic N) is 2. The van der Waals surface area contributed by atoms with E-state index in [9.17, 15) is 4.79 Å². The number of rotatable bonds is 5. The summed E-state index contributed by atoms with van der Waals surface area (Å²) in [5.41, 5.74) is 3.46. The van der Waals surface area contributed by atoms with Gasteiger partial charge in [0, 0.05) is 36.1 Å². The molecule has 7 nitrogen and oxygen atoms in total. The second-order valence-corrected chi connectivity index (χ2v) is 8.30. The number of hydrogen-bond acceptors (Lipinski definition) is 7. The van der Waals surface area contributed by atoms with Crippen molar-refractivity contribution >= 4 is 22.4 Å². The van der Waals surface area contributed by atoms with Crippen molar-refractivity contribution in [2.45, 2.75) is 6.54 Å². The molecular weight excluding hydrogens is 414 g/mol. The lowest BCUT2D eigenvalue weighted by Crippen LogP contribution is -2.35. The number of benzene rings is 2. The third-order valence-corrected chi connectivity index (χ3v) is 6.02. The van der Waals surface area contributed by atoms with Gasteiger partial charge in [-0.25, -0.2) is 4.98 Å². The predicted molar refractivity (Wildman–Crippen MR) is 119 cm³/mol. The molecule has 0 atom stereocenters. The van der Waals surface area contributed by atoms with Gasteiger partial charge in [-0.05, 0) is 35.9 Å². The second kappa shape index (κ2) is 9.05. The molecule has 8 heteroatoms. The van der Waals surface area contributed by atoms with Crippen molar-refractivity contribution in [2.75, 3.05) is 44.8 Å². The van der Waals surface area contributed by atoms with E-state index < -0.39 is 0 Å². The van der Waals surface area contributed by atoms with Crippen molar-refractivity contribution in [3.63, 3.8) is 0 Å². The molecule has 31 heavy (non-hydrogen) atoms. The fourth-order valence-electron chi connectivity index (χ4n) is 3.66. The predicted octanol–water partition coefficient (Wildman–Crippen LogP) is 3.67. The van der Waals surface area contributed by atoms with Gasteiger partial charge in [0.1, 0.15) is 13.2 Å². The molecule has 1 aromatic heterocycles. The summed E-state index contributed by atoms with van der Waals surface area (Å²) in [6.07, 6.45) is 0. The van der Waals surface area contributed by atoms with Gasteiger partial charge < -0.3 is 14.2 Å². The zero-order valence-corrected chi connectivity index (χ0v) is 17.8. The van der Waals surface area contributed by atoms with Gasteiger partial charge in [0.05, 0.1) is 18.9 Å². The number of morpholine rings is 1. The van der Waals surface area contributed by atoms with Gasteiger partial charge in [-0.15, -0.1) is 11.3 Å². The summed E-state index contributed by atoms with van der Waals surface area (Å²) in [5.74, 6) is 1.31. The Hall–Kier alpha value is -2.94. The van der Waals surface area contributed by atoms with Crippen LogP contribution in [-0.4, -0.2) is 55.3 Å². The molecule has 0 bridgehead atoms. The van der Waals surface area contributed by atoms with Crippen molar-refractivity contribution in [1.29, 1.82) is 0 Å². The third-order valence-electron chi connectivity index (χ3n) is 5.26. The average molecular weight is 438 g/mol. The average Bonchev–Trinajstić information content (AvgIpc) is 3.28. The number of hydrogen-bond donors (Lipinski definition) is 1. The lowest BCUT2D eigenvalue weighted by molar-refractivity contribution is 0.0342. The van der Waals surface area contributed by atoms with Gasteiger partial charge in [0.25, 0.3) is 5.91 Å². The molecule has 2 aliphatic heterocycles. The minimum Gasteiger partial charge on any atom is -0.486 e. The van der Waals surface area contributed by atoms with Gasteiger partial charge in [0.15, 0.2) is 16.6 Å². The maximum absolute atomic E-state index is 12.8. The summed E-state index contributed by atoms with van der Waals surface area (Å²) < 4.78 is 16.6. The quantitative estimate of drug-likeness (QED) is 0.657. The van der Waals surface area contributed by atoms with Crippen LogP contribution in [0.2, 0.25) is 0 Å². The Balaban J connectivity index is 1.26. The van der Waals surface area contributed by atoms with Crippen molar-refractivity contribution in [1.82, 2.24) is 9.88 Å². The van der Waals surface area contributed by atoms with Crippen molar-refractivity contribution in [2.24, 2.45) is 0 Å². The number of carbonyl (C=O) groups is 1. The topological polar surface area (TPSA) is 72.9 Å². The fourth-order valence-corrected chi connectivity index (χ4v) is 4.38. The highest BCUT2D eigenvalue weighted by molar-refractivity contribution is 7.14. The highest BCUT2D eigenvalue weighted by Crippen LogP contribution is 2.35. The highest BCUT2D eigenvalue weighted by Gasteiger charge is 2.16. The molecule has 1 N–H and O–H groups in total. The molecule has 3 heterocycles. The number of carbonyl (C=O) groups excluding carboxylic acids is 1. The van der Waals surface area contributed by atoms with E-state index in [0.29, 0.717) is 23.9 Å². The normalized spacial score (nSPS) is 16.1. The van der Waals surface area contributed by atoms with E-state index in [4.69, 9.17) is 14.2 Å². The Kier molecular flexibility index (Phi) is 5.84. The van der Waals surface area contributed by atoms with Crippen LogP contribution in [0.4, 0.5) is 5.13 Å². The number of fused-ring (bicyclic) bond motifs is 1. The number of anilines is 1. The molecule has 5 rings (SSSR count). The van der Waals surface area contributed by atoms with E-state index in [1.54, 1.807) is 0 Å². The Bertz CT molecular complexity index is 1080. The van der Waals surface area contributed by atoms with E-state index >= 15 is 0 Å². The Labute approximate surface area is 184 Å². The van der Waals surface area contributed by atoms with E-state index in [0.717, 1.165) is 61.2 Å². The zero-order valence-electron chi connectivity index (χ0n) is 17.0. The maximum Gasteiger partial charge on any atom is 0.257 e. The van der Waals surface area contributed by atoms with Crippen LogP contribution in [-0.2, 0) is 11.3 Å². The largest absolute Gasteiger partial charge is 0.486 e. The standard InChI is InChI=1S/C23H23N3O4S/c27-22(18-3-1-2-16(12-18)14-26-6-8-28-9-7-26)25-23-24-19(15-31-23)17-4-5-20-21(13-17)30-11-10-29-20/h1-5,12-13,15H,6-11,14H2,(H,24,25,27). The van der Waals surface area contributed by atoms with Gasteiger partial charge in [-0.1, -0.05) is 12.1 Å². The summed E-state index contributed by atoms with van der Waals surface area (Å²) in [4.78, 5) is 19.7. The molecule has 1 amide bonds. The summed E-state index contributed by atoms with van der Waals surface area (Å²) in [6, 6.07) is 13.5. The molecule has 0 unspecified atom stereocenters. The lowest BCUT2D eigenvalue weighted by Gasteiger charge is -2.26. The number of thiazole rings is 1. The molecule has 1 saturated heterocycles. The minimum atomic E-state index is -0.160. The van der Waals surface area contributed by atoms with Crippen LogP contribution in [0, 0.1) is 0 Å². The smallest absolute Gasteiger partial charge is 0.257 e. The molecule has 0 aliphatic carbocycles. The summed E-state index contributed by atoms with van der Waals surface area (Å²) in [5, 5.41) is 5.41. The van der Waals surface area contributed by atoms with Gasteiger partial charge in [-0.3, -0.25) is 15.0 Å². The highest BCUT2D eigenvalue weighted by atomic mass is 32.1. The van der Waals surface area contributed by atoms with Crippen molar-refractivity contribution < 1.29 is 19.0 Å². The van der Waals surface area contributed by atoms with Crippen LogP contribution in [0.3, 0.4) is 0 Å². The van der Waals surface area contributed by atoms with Crippen LogP contribution in [0.15, 0.2) is 47.8 Å². The van der Waals surface area contributed by atoms with Crippen LogP contribution in [0.25, 0.3) is 11.3 Å². The zero-order chi connectivity index (χ0) is 21.0. The number of nitrogens with one attached hydrogen (secondary N) is 1. The molecule has 1 fully saturated rings. The molecular formula is C23H23N3O4S. The van der Waals surface area contributed by atoms with E-state index in [-0.39, 0.29) is 5.91 Å². The minimum absolute atomic E-state index is 0.160.